The van der Waals surface area contributed by atoms with E-state index in [1.165, 1.54) is 0 Å². The number of carbonyl (C=O) groups is 2. The second-order valence-electron chi connectivity index (χ2n) is 5.75. The molecule has 0 aliphatic heterocycles. The predicted molar refractivity (Wildman–Crippen MR) is 86.5 cm³/mol. The summed E-state index contributed by atoms with van der Waals surface area (Å²) in [4.78, 5) is 35.2. The van der Waals surface area contributed by atoms with Crippen LogP contribution in [0.5, 0.6) is 5.75 Å². The summed E-state index contributed by atoms with van der Waals surface area (Å²) in [5.41, 5.74) is -3.01. The molecule has 0 radical (unpaired) electrons. The van der Waals surface area contributed by atoms with Gasteiger partial charge in [0, 0.05) is 5.39 Å². The highest BCUT2D eigenvalue weighted by Gasteiger charge is 2.32. The lowest BCUT2D eigenvalue weighted by atomic mass is 10.0. The van der Waals surface area contributed by atoms with Crippen LogP contribution in [0.3, 0.4) is 0 Å². The van der Waals surface area contributed by atoms with Crippen LogP contribution in [0.25, 0.3) is 11.0 Å². The molecule has 0 saturated carbocycles. The first kappa shape index (κ1) is 21.4. The summed E-state index contributed by atoms with van der Waals surface area (Å²) in [6.45, 7) is -0.948. The average Bonchev–Trinajstić information content (AvgIpc) is 2.68. The molecule has 0 fully saturated rings. The molecule has 1 heterocycles. The van der Waals surface area contributed by atoms with Crippen LogP contribution in [0.2, 0.25) is 0 Å². The zero-order chi connectivity index (χ0) is 21.2. The predicted octanol–water partition coefficient (Wildman–Crippen LogP) is -1.85. The van der Waals surface area contributed by atoms with Crippen LogP contribution in [0.4, 0.5) is 8.78 Å². The van der Waals surface area contributed by atoms with Gasteiger partial charge in [0.15, 0.2) is 17.1 Å². The van der Waals surface area contributed by atoms with Gasteiger partial charge < -0.3 is 40.1 Å². The molecule has 12 heteroatoms. The minimum atomic E-state index is -2.05. The van der Waals surface area contributed by atoms with Crippen LogP contribution in [-0.4, -0.2) is 68.7 Å². The summed E-state index contributed by atoms with van der Waals surface area (Å²) in [6.07, 6.45) is -5.89. The minimum Gasteiger partial charge on any atom is -0.503 e. The SMILES string of the molecule is O=C[C@H](NC(=O)c1cc2cc(F)c(O)c(F)c2oc1=O)[C@@H](O)[C@H](O)[C@H](O)CO. The summed E-state index contributed by atoms with van der Waals surface area (Å²) in [5, 5.41) is 48.1. The van der Waals surface area contributed by atoms with Gasteiger partial charge in [-0.05, 0) is 12.1 Å². The molecule has 6 N–H and O–H groups in total. The van der Waals surface area contributed by atoms with Crippen molar-refractivity contribution < 1.29 is 48.3 Å². The quantitative estimate of drug-likeness (QED) is 0.229. The number of hydrogen-bond acceptors (Lipinski definition) is 9. The van der Waals surface area contributed by atoms with Crippen LogP contribution in [0, 0.1) is 11.6 Å². The van der Waals surface area contributed by atoms with Crippen molar-refractivity contribution in [3.8, 4) is 5.75 Å². The Kier molecular flexibility index (Phi) is 6.41. The van der Waals surface area contributed by atoms with Crippen molar-refractivity contribution >= 4 is 23.2 Å². The molecule has 1 amide bonds. The second kappa shape index (κ2) is 8.39. The fourth-order valence-corrected chi connectivity index (χ4v) is 2.32. The van der Waals surface area contributed by atoms with Crippen molar-refractivity contribution in [2.24, 2.45) is 0 Å². The van der Waals surface area contributed by atoms with Gasteiger partial charge in [0.05, 0.1) is 6.61 Å². The van der Waals surface area contributed by atoms with Crippen molar-refractivity contribution in [3.63, 3.8) is 0 Å². The van der Waals surface area contributed by atoms with Crippen LogP contribution in [0.15, 0.2) is 21.3 Å². The minimum absolute atomic E-state index is 0.00405. The van der Waals surface area contributed by atoms with E-state index in [9.17, 15) is 43.6 Å². The molecule has 1 aromatic heterocycles. The monoisotopic (exact) mass is 403 g/mol. The van der Waals surface area contributed by atoms with Gasteiger partial charge in [0.25, 0.3) is 5.91 Å². The van der Waals surface area contributed by atoms with Crippen molar-refractivity contribution in [3.05, 3.63) is 39.8 Å². The number of fused-ring (bicyclic) bond motifs is 1. The van der Waals surface area contributed by atoms with Gasteiger partial charge in [-0.2, -0.15) is 4.39 Å². The fourth-order valence-electron chi connectivity index (χ4n) is 2.32. The number of phenols is 1. The number of benzene rings is 1. The number of aliphatic hydroxyl groups is 4. The second-order valence-corrected chi connectivity index (χ2v) is 5.75. The number of aliphatic hydroxyl groups excluding tert-OH is 4. The fraction of sp³-hybridized carbons (Fsp3) is 0.312. The van der Waals surface area contributed by atoms with E-state index in [0.717, 1.165) is 6.07 Å². The van der Waals surface area contributed by atoms with Crippen LogP contribution < -0.4 is 10.9 Å². The Bertz CT molecular complexity index is 961. The van der Waals surface area contributed by atoms with Crippen LogP contribution in [0.1, 0.15) is 10.4 Å². The van der Waals surface area contributed by atoms with Gasteiger partial charge >= 0.3 is 5.63 Å². The molecular weight excluding hydrogens is 388 g/mol. The summed E-state index contributed by atoms with van der Waals surface area (Å²) in [5.74, 6) is -5.62. The molecule has 1 aromatic carbocycles. The Morgan fingerprint density at radius 2 is 1.86 bits per heavy atom. The van der Waals surface area contributed by atoms with Crippen molar-refractivity contribution in [1.29, 1.82) is 0 Å². The summed E-state index contributed by atoms with van der Waals surface area (Å²) in [6, 6.07) is -0.483. The van der Waals surface area contributed by atoms with Crippen molar-refractivity contribution in [2.75, 3.05) is 6.61 Å². The Hall–Kier alpha value is -2.93. The zero-order valence-corrected chi connectivity index (χ0v) is 13.9. The van der Waals surface area contributed by atoms with E-state index in [-0.39, 0.29) is 6.29 Å². The molecule has 0 unspecified atom stereocenters. The maximum atomic E-state index is 13.8. The lowest BCUT2D eigenvalue weighted by Crippen LogP contribution is -2.53. The standard InChI is InChI=1S/C16H15F2NO9/c17-7-2-5-1-6(16(27)28-14(5)10(18)11(7)23)15(26)19-8(3-20)12(24)13(25)9(22)4-21/h1-3,8-9,12-13,21-25H,4H2,(H,19,26)/t8-,9+,12+,13+/m0/s1. The van der Waals surface area contributed by atoms with Gasteiger partial charge in [-0.15, -0.1) is 0 Å². The first-order chi connectivity index (χ1) is 13.1. The van der Waals surface area contributed by atoms with E-state index in [0.29, 0.717) is 6.07 Å². The highest BCUT2D eigenvalue weighted by atomic mass is 19.1. The summed E-state index contributed by atoms with van der Waals surface area (Å²) < 4.78 is 31.8. The normalized spacial score (nSPS) is 15.6. The number of rotatable bonds is 7. The van der Waals surface area contributed by atoms with Gasteiger partial charge in [-0.1, -0.05) is 0 Å². The van der Waals surface area contributed by atoms with E-state index in [4.69, 9.17) is 5.11 Å². The topological polar surface area (TPSA) is 178 Å². The van der Waals surface area contributed by atoms with Gasteiger partial charge in [-0.25, -0.2) is 9.18 Å². The molecule has 0 saturated heterocycles. The number of carbonyl (C=O) groups excluding carboxylic acids is 2. The first-order valence-corrected chi connectivity index (χ1v) is 7.68. The maximum Gasteiger partial charge on any atom is 0.349 e. The number of halogens is 2. The smallest absolute Gasteiger partial charge is 0.349 e. The Morgan fingerprint density at radius 3 is 2.43 bits per heavy atom. The lowest BCUT2D eigenvalue weighted by Gasteiger charge is -2.26. The lowest BCUT2D eigenvalue weighted by molar-refractivity contribution is -0.119. The Balaban J connectivity index is 2.36. The molecular formula is C16H15F2NO9. The first-order valence-electron chi connectivity index (χ1n) is 7.68. The summed E-state index contributed by atoms with van der Waals surface area (Å²) >= 11 is 0. The van der Waals surface area contributed by atoms with E-state index in [1.807, 2.05) is 5.32 Å². The molecule has 4 atom stereocenters. The molecule has 28 heavy (non-hydrogen) atoms. The molecule has 0 aliphatic carbocycles. The highest BCUT2D eigenvalue weighted by molar-refractivity contribution is 5.98. The number of aldehydes is 1. The Labute approximate surface area is 154 Å². The number of nitrogens with one attached hydrogen (secondary N) is 1. The third-order valence-electron chi connectivity index (χ3n) is 3.88. The maximum absolute atomic E-state index is 13.8. The average molecular weight is 403 g/mol. The molecule has 152 valence electrons. The molecule has 0 bridgehead atoms. The van der Waals surface area contributed by atoms with E-state index >= 15 is 0 Å². The van der Waals surface area contributed by atoms with E-state index < -0.39 is 76.4 Å². The molecule has 2 rings (SSSR count). The third-order valence-corrected chi connectivity index (χ3v) is 3.88. The Morgan fingerprint density at radius 1 is 1.21 bits per heavy atom. The van der Waals surface area contributed by atoms with E-state index in [2.05, 4.69) is 4.42 Å². The molecule has 10 nitrogen and oxygen atoms in total. The highest BCUT2D eigenvalue weighted by Crippen LogP contribution is 2.28. The number of hydrogen-bond donors (Lipinski definition) is 6. The molecule has 0 spiro atoms. The number of amides is 1. The largest absolute Gasteiger partial charge is 0.503 e. The third kappa shape index (κ3) is 3.99. The number of aromatic hydroxyl groups is 1. The van der Waals surface area contributed by atoms with Gasteiger partial charge in [0.2, 0.25) is 5.82 Å². The molecule has 0 aliphatic rings. The zero-order valence-electron chi connectivity index (χ0n) is 13.9. The van der Waals surface area contributed by atoms with Crippen LogP contribution >= 0.6 is 0 Å². The van der Waals surface area contributed by atoms with E-state index in [1.54, 1.807) is 0 Å². The van der Waals surface area contributed by atoms with Crippen molar-refractivity contribution in [1.82, 2.24) is 5.32 Å². The van der Waals surface area contributed by atoms with Crippen molar-refractivity contribution in [2.45, 2.75) is 24.4 Å². The number of phenolic OH excluding ortho intramolecular Hbond substituents is 1. The van der Waals surface area contributed by atoms with Crippen LogP contribution in [-0.2, 0) is 4.79 Å². The van der Waals surface area contributed by atoms with Gasteiger partial charge in [-0.3, -0.25) is 4.79 Å². The van der Waals surface area contributed by atoms with Gasteiger partial charge in [0.1, 0.15) is 36.2 Å². The summed E-state index contributed by atoms with van der Waals surface area (Å²) in [7, 11) is 0. The molecule has 2 aromatic rings.